The van der Waals surface area contributed by atoms with Gasteiger partial charge in [-0.3, -0.25) is 0 Å². The molecule has 0 saturated heterocycles. The third-order valence-electron chi connectivity index (χ3n) is 14.5. The van der Waals surface area contributed by atoms with Gasteiger partial charge in [0.1, 0.15) is 0 Å². The molecular weight excluding hydrogens is 649 g/mol. The molecule has 2 heteroatoms. The highest BCUT2D eigenvalue weighted by atomic mass is 15.0. The summed E-state index contributed by atoms with van der Waals surface area (Å²) in [7, 11) is 0. The van der Waals surface area contributed by atoms with Gasteiger partial charge in [0.2, 0.25) is 0 Å². The maximum Gasteiger partial charge on any atom is 0.265 e. The van der Waals surface area contributed by atoms with Crippen molar-refractivity contribution in [3.8, 4) is 27.9 Å². The lowest BCUT2D eigenvalue weighted by molar-refractivity contribution is 0.746. The van der Waals surface area contributed by atoms with Crippen LogP contribution in [0.25, 0.3) is 49.6 Å². The monoisotopic (exact) mass is 681 g/mol. The van der Waals surface area contributed by atoms with E-state index >= 15 is 0 Å². The fourth-order valence-electron chi connectivity index (χ4n) is 12.6. The van der Waals surface area contributed by atoms with Crippen molar-refractivity contribution in [3.63, 3.8) is 0 Å². The van der Waals surface area contributed by atoms with E-state index in [2.05, 4.69) is 176 Å². The Hall–Kier alpha value is -6.38. The van der Waals surface area contributed by atoms with E-state index in [9.17, 15) is 0 Å². The molecule has 1 nitrogen and oxygen atoms in total. The third kappa shape index (κ3) is 2.69. The fraction of sp³-hybridized carbons (Fsp3) is 0.0769. The van der Waals surface area contributed by atoms with Gasteiger partial charge in [0.15, 0.2) is 0 Å². The lowest BCUT2D eigenvalue weighted by Crippen LogP contribution is -2.70. The van der Waals surface area contributed by atoms with Crippen LogP contribution in [0, 0.1) is 13.8 Å². The van der Waals surface area contributed by atoms with Crippen LogP contribution >= 0.6 is 0 Å². The Balaban J connectivity index is 1.31. The molecular formula is C52H32BN. The largest absolute Gasteiger partial charge is 0.321 e. The second-order valence-corrected chi connectivity index (χ2v) is 16.3. The molecule has 2 spiro atoms. The van der Waals surface area contributed by atoms with Crippen molar-refractivity contribution in [3.05, 3.63) is 213 Å². The van der Waals surface area contributed by atoms with Gasteiger partial charge in [0.25, 0.3) is 6.71 Å². The topological polar surface area (TPSA) is 4.93 Å². The van der Waals surface area contributed by atoms with E-state index < -0.39 is 10.8 Å². The summed E-state index contributed by atoms with van der Waals surface area (Å²) in [5.41, 5.74) is 25.6. The van der Waals surface area contributed by atoms with Crippen molar-refractivity contribution in [2.24, 2.45) is 0 Å². The fourth-order valence-corrected chi connectivity index (χ4v) is 12.6. The molecule has 14 rings (SSSR count). The average Bonchev–Trinajstić information content (AvgIpc) is 3.83. The van der Waals surface area contributed by atoms with Gasteiger partial charge in [-0.15, -0.1) is 0 Å². The Kier molecular flexibility index (Phi) is 4.71. The van der Waals surface area contributed by atoms with E-state index in [1.165, 1.54) is 122 Å². The zero-order chi connectivity index (χ0) is 35.2. The normalized spacial score (nSPS) is 15.9. The molecule has 8 aromatic carbocycles. The third-order valence-corrected chi connectivity index (χ3v) is 14.5. The molecule has 1 aromatic heterocycles. The summed E-state index contributed by atoms with van der Waals surface area (Å²) >= 11 is 0. The van der Waals surface area contributed by atoms with Gasteiger partial charge in [0, 0.05) is 16.4 Å². The van der Waals surface area contributed by atoms with Gasteiger partial charge in [0.05, 0.1) is 22.0 Å². The molecule has 9 aromatic rings. The highest BCUT2D eigenvalue weighted by Gasteiger charge is 2.62. The van der Waals surface area contributed by atoms with E-state index in [1.807, 2.05) is 0 Å². The van der Waals surface area contributed by atoms with Gasteiger partial charge in [-0.05, 0) is 109 Å². The standard InChI is InChI=1S/C52H32BN/c1-29-25-28-44-45(30(29)2)47-50-53-48-40(22-12-23-41(48)52(47)38-20-9-5-16-34(38)35-17-6-10-21-39(35)52)51(36-18-7-3-14-32(36)33-15-4-8-19-37(33)51)42-27-26-31-13-11-24-43(54(44)50)46(31)49(42)53/h3-28H,1-2H3. The summed E-state index contributed by atoms with van der Waals surface area (Å²) in [6.07, 6.45) is 0. The van der Waals surface area contributed by atoms with Crippen LogP contribution in [0.15, 0.2) is 158 Å². The Bertz CT molecular complexity index is 3180. The van der Waals surface area contributed by atoms with E-state index in [-0.39, 0.29) is 6.71 Å². The van der Waals surface area contributed by atoms with Crippen LogP contribution in [-0.4, -0.2) is 11.3 Å². The number of hydrogen-bond donors (Lipinski definition) is 0. The van der Waals surface area contributed by atoms with Gasteiger partial charge in [-0.1, -0.05) is 157 Å². The first-order valence-corrected chi connectivity index (χ1v) is 19.4. The molecule has 0 unspecified atom stereocenters. The lowest BCUT2D eigenvalue weighted by atomic mass is 9.26. The highest BCUT2D eigenvalue weighted by molar-refractivity contribution is 6.99. The Labute approximate surface area is 314 Å². The van der Waals surface area contributed by atoms with E-state index in [4.69, 9.17) is 0 Å². The quantitative estimate of drug-likeness (QED) is 0.141. The van der Waals surface area contributed by atoms with Crippen LogP contribution in [0.3, 0.4) is 0 Å². The number of hydrogen-bond acceptors (Lipinski definition) is 0. The molecule has 3 aliphatic heterocycles. The molecule has 4 heterocycles. The van der Waals surface area contributed by atoms with Crippen molar-refractivity contribution < 1.29 is 0 Å². The van der Waals surface area contributed by atoms with Gasteiger partial charge in [-0.25, -0.2) is 0 Å². The molecule has 0 radical (unpaired) electrons. The maximum absolute atomic E-state index is 2.71. The number of aromatic nitrogens is 1. The molecule has 0 atom stereocenters. The zero-order valence-electron chi connectivity index (χ0n) is 30.0. The van der Waals surface area contributed by atoms with Crippen molar-refractivity contribution in [2.45, 2.75) is 24.7 Å². The first kappa shape index (κ1) is 28.2. The zero-order valence-corrected chi connectivity index (χ0v) is 30.0. The lowest BCUT2D eigenvalue weighted by Gasteiger charge is -2.50. The van der Waals surface area contributed by atoms with Gasteiger partial charge < -0.3 is 4.57 Å². The van der Waals surface area contributed by atoms with Crippen molar-refractivity contribution in [1.82, 2.24) is 4.57 Å². The maximum atomic E-state index is 2.71. The molecule has 2 aliphatic carbocycles. The second-order valence-electron chi connectivity index (χ2n) is 16.3. The van der Waals surface area contributed by atoms with E-state index in [1.54, 1.807) is 0 Å². The SMILES string of the molecule is Cc1ccc2c(c1C)c1c3n2-c2cccc4ccc5c(c24)B3c2c(cccc2C12c1ccccc1-c1ccccc12)C51c2ccccc2-c2ccccc21. The molecule has 5 aliphatic rings. The number of benzene rings is 8. The highest BCUT2D eigenvalue weighted by Crippen LogP contribution is 2.62. The summed E-state index contributed by atoms with van der Waals surface area (Å²) in [6, 6.07) is 61.3. The molecule has 0 fully saturated rings. The molecule has 54 heavy (non-hydrogen) atoms. The minimum Gasteiger partial charge on any atom is -0.321 e. The summed E-state index contributed by atoms with van der Waals surface area (Å²) in [4.78, 5) is 0. The van der Waals surface area contributed by atoms with E-state index in [0.717, 1.165) is 0 Å². The molecule has 0 amide bonds. The van der Waals surface area contributed by atoms with Crippen LogP contribution in [-0.2, 0) is 10.8 Å². The first-order chi connectivity index (χ1) is 26.7. The minimum atomic E-state index is -0.497. The van der Waals surface area contributed by atoms with Crippen LogP contribution in [0.5, 0.6) is 0 Å². The number of rotatable bonds is 0. The molecule has 248 valence electrons. The molecule has 0 saturated carbocycles. The Morgan fingerprint density at radius 1 is 0.426 bits per heavy atom. The van der Waals surface area contributed by atoms with Crippen LogP contribution in [0.4, 0.5) is 0 Å². The summed E-state index contributed by atoms with van der Waals surface area (Å²) in [6.45, 7) is 4.75. The molecule has 0 bridgehead atoms. The predicted octanol–water partition coefficient (Wildman–Crippen LogP) is 9.58. The van der Waals surface area contributed by atoms with Gasteiger partial charge >= 0.3 is 0 Å². The first-order valence-electron chi connectivity index (χ1n) is 19.4. The van der Waals surface area contributed by atoms with Crippen molar-refractivity contribution in [1.29, 1.82) is 0 Å². The predicted molar refractivity (Wildman–Crippen MR) is 223 cm³/mol. The number of fused-ring (bicyclic) bond motifs is 18. The average molecular weight is 682 g/mol. The minimum absolute atomic E-state index is 0.0861. The smallest absolute Gasteiger partial charge is 0.265 e. The number of aryl methyl sites for hydroxylation is 2. The second kappa shape index (κ2) is 9.04. The van der Waals surface area contributed by atoms with Crippen LogP contribution in [0.2, 0.25) is 0 Å². The summed E-state index contributed by atoms with van der Waals surface area (Å²) in [5.74, 6) is 0. The summed E-state index contributed by atoms with van der Waals surface area (Å²) in [5, 5.41) is 4.13. The van der Waals surface area contributed by atoms with E-state index in [0.29, 0.717) is 0 Å². The van der Waals surface area contributed by atoms with Crippen molar-refractivity contribution in [2.75, 3.05) is 0 Å². The Morgan fingerprint density at radius 3 is 1.57 bits per heavy atom. The Morgan fingerprint density at radius 2 is 0.944 bits per heavy atom. The number of nitrogens with zero attached hydrogens (tertiary/aromatic N) is 1. The van der Waals surface area contributed by atoms with Gasteiger partial charge in [-0.2, -0.15) is 0 Å². The van der Waals surface area contributed by atoms with Crippen LogP contribution in [0.1, 0.15) is 55.6 Å². The van der Waals surface area contributed by atoms with Crippen molar-refractivity contribution >= 4 is 44.9 Å². The van der Waals surface area contributed by atoms with Crippen LogP contribution < -0.4 is 16.5 Å². The molecule has 0 N–H and O–H groups in total. The summed E-state index contributed by atoms with van der Waals surface area (Å²) < 4.78 is 2.71.